The zero-order chi connectivity index (χ0) is 10.6. The van der Waals surface area contributed by atoms with Crippen LogP contribution in [0.1, 0.15) is 13.3 Å². The van der Waals surface area contributed by atoms with Crippen LogP contribution in [0.4, 0.5) is 0 Å². The first-order chi connectivity index (χ1) is 5.86. The van der Waals surface area contributed by atoms with Crippen LogP contribution in [-0.4, -0.2) is 45.3 Å². The number of ketones is 1. The van der Waals surface area contributed by atoms with Crippen molar-refractivity contribution in [1.29, 1.82) is 0 Å². The highest BCUT2D eigenvalue weighted by atomic mass is 16.4. The van der Waals surface area contributed by atoms with Crippen LogP contribution >= 0.6 is 0 Å². The number of carbonyl (C=O) groups is 2. The highest BCUT2D eigenvalue weighted by Crippen LogP contribution is 2.03. The number of carbonyl (C=O) groups excluding carboxylic acids is 1. The Labute approximate surface area is 75.0 Å². The Bertz CT molecular complexity index is 205. The first kappa shape index (κ1) is 12.0. The molecule has 0 amide bonds. The van der Waals surface area contributed by atoms with Crippen LogP contribution in [0.5, 0.6) is 0 Å². The molecule has 0 aromatic heterocycles. The number of carboxylic acids is 1. The Kier molecular flexibility index (Phi) is 4.53. The molecule has 6 heteroatoms. The lowest BCUT2D eigenvalue weighted by Gasteiger charge is -2.16. The summed E-state index contributed by atoms with van der Waals surface area (Å²) in [5, 5.41) is 26.4. The highest BCUT2D eigenvalue weighted by Gasteiger charge is 2.25. The summed E-state index contributed by atoms with van der Waals surface area (Å²) in [6.07, 6.45) is -3.34. The zero-order valence-electron chi connectivity index (χ0n) is 7.17. The lowest BCUT2D eigenvalue weighted by atomic mass is 10.0. The summed E-state index contributed by atoms with van der Waals surface area (Å²) in [4.78, 5) is 20.8. The molecule has 0 rings (SSSR count). The van der Waals surface area contributed by atoms with E-state index in [-0.39, 0.29) is 6.42 Å². The molecule has 0 saturated heterocycles. The zero-order valence-corrected chi connectivity index (χ0v) is 7.17. The summed E-state index contributed by atoms with van der Waals surface area (Å²) in [5.41, 5.74) is 5.07. The van der Waals surface area contributed by atoms with Crippen molar-refractivity contribution in [3.8, 4) is 0 Å². The molecule has 76 valence electrons. The Hall–Kier alpha value is -0.980. The van der Waals surface area contributed by atoms with Gasteiger partial charge in [-0.3, -0.25) is 9.59 Å². The molecule has 0 spiro atoms. The fourth-order valence-electron chi connectivity index (χ4n) is 0.761. The maximum Gasteiger partial charge on any atom is 0.320 e. The van der Waals surface area contributed by atoms with E-state index in [2.05, 4.69) is 0 Å². The van der Waals surface area contributed by atoms with Crippen LogP contribution in [0.15, 0.2) is 0 Å². The third-order valence-corrected chi connectivity index (χ3v) is 1.59. The van der Waals surface area contributed by atoms with Gasteiger partial charge in [0.2, 0.25) is 0 Å². The molecule has 0 heterocycles. The van der Waals surface area contributed by atoms with E-state index >= 15 is 0 Å². The molecule has 0 aromatic carbocycles. The van der Waals surface area contributed by atoms with Crippen LogP contribution in [0, 0.1) is 0 Å². The number of aliphatic carboxylic acids is 1. The van der Waals surface area contributed by atoms with Gasteiger partial charge in [0.25, 0.3) is 0 Å². The normalized spacial score (nSPS) is 17.5. The molecule has 3 atom stereocenters. The minimum Gasteiger partial charge on any atom is -0.480 e. The van der Waals surface area contributed by atoms with Gasteiger partial charge in [0.05, 0.1) is 6.10 Å². The van der Waals surface area contributed by atoms with Gasteiger partial charge in [0, 0.05) is 6.42 Å². The van der Waals surface area contributed by atoms with Gasteiger partial charge in [-0.15, -0.1) is 0 Å². The molecule has 0 bridgehead atoms. The first-order valence-corrected chi connectivity index (χ1v) is 3.71. The van der Waals surface area contributed by atoms with E-state index in [1.54, 1.807) is 0 Å². The maximum atomic E-state index is 10.5. The largest absolute Gasteiger partial charge is 0.480 e. The van der Waals surface area contributed by atoms with Crippen LogP contribution in [0.25, 0.3) is 0 Å². The maximum absolute atomic E-state index is 10.5. The third-order valence-electron chi connectivity index (χ3n) is 1.59. The lowest BCUT2D eigenvalue weighted by Crippen LogP contribution is -2.40. The first-order valence-electron chi connectivity index (χ1n) is 3.71. The molecule has 0 aliphatic heterocycles. The van der Waals surface area contributed by atoms with Crippen molar-refractivity contribution in [3.63, 3.8) is 0 Å². The SMILES string of the molecule is CC(=O)C(O)C(O)CC(N)C(=O)O. The van der Waals surface area contributed by atoms with Crippen molar-refractivity contribution >= 4 is 11.8 Å². The predicted octanol–water partition coefficient (Wildman–Crippen LogP) is -1.90. The van der Waals surface area contributed by atoms with Gasteiger partial charge in [0.1, 0.15) is 12.1 Å². The Morgan fingerprint density at radius 3 is 2.15 bits per heavy atom. The summed E-state index contributed by atoms with van der Waals surface area (Å²) in [6.45, 7) is 1.10. The smallest absolute Gasteiger partial charge is 0.320 e. The van der Waals surface area contributed by atoms with E-state index in [1.807, 2.05) is 0 Å². The molecule has 13 heavy (non-hydrogen) atoms. The van der Waals surface area contributed by atoms with Crippen LogP contribution < -0.4 is 5.73 Å². The van der Waals surface area contributed by atoms with Gasteiger partial charge in [0.15, 0.2) is 5.78 Å². The van der Waals surface area contributed by atoms with E-state index in [1.165, 1.54) is 0 Å². The van der Waals surface area contributed by atoms with Crippen LogP contribution in [0.3, 0.4) is 0 Å². The van der Waals surface area contributed by atoms with E-state index in [9.17, 15) is 9.59 Å². The number of aliphatic hydroxyl groups excluding tert-OH is 2. The van der Waals surface area contributed by atoms with Gasteiger partial charge in [-0.1, -0.05) is 0 Å². The van der Waals surface area contributed by atoms with Crippen molar-refractivity contribution in [2.45, 2.75) is 31.6 Å². The van der Waals surface area contributed by atoms with Crippen molar-refractivity contribution < 1.29 is 24.9 Å². The summed E-state index contributed by atoms with van der Waals surface area (Å²) in [6, 6.07) is -1.27. The van der Waals surface area contributed by atoms with Crippen molar-refractivity contribution in [1.82, 2.24) is 0 Å². The van der Waals surface area contributed by atoms with Gasteiger partial charge in [-0.05, 0) is 6.92 Å². The lowest BCUT2D eigenvalue weighted by molar-refractivity contribution is -0.141. The molecule has 0 aromatic rings. The molecule has 0 aliphatic carbocycles. The fourth-order valence-corrected chi connectivity index (χ4v) is 0.761. The second-order valence-electron chi connectivity index (χ2n) is 2.80. The molecular formula is C7H13NO5. The number of nitrogens with two attached hydrogens (primary N) is 1. The molecular weight excluding hydrogens is 178 g/mol. The van der Waals surface area contributed by atoms with E-state index < -0.39 is 30.0 Å². The molecule has 0 aliphatic rings. The minimum absolute atomic E-state index is 0.351. The van der Waals surface area contributed by atoms with Gasteiger partial charge in [-0.25, -0.2) is 0 Å². The summed E-state index contributed by atoms with van der Waals surface area (Å²) in [7, 11) is 0. The van der Waals surface area contributed by atoms with Crippen molar-refractivity contribution in [2.24, 2.45) is 5.73 Å². The Morgan fingerprint density at radius 1 is 1.38 bits per heavy atom. The van der Waals surface area contributed by atoms with Gasteiger partial charge >= 0.3 is 5.97 Å². The minimum atomic E-state index is -1.56. The van der Waals surface area contributed by atoms with E-state index in [4.69, 9.17) is 21.1 Å². The second kappa shape index (κ2) is 4.90. The third kappa shape index (κ3) is 3.97. The summed E-state index contributed by atoms with van der Waals surface area (Å²) < 4.78 is 0. The summed E-state index contributed by atoms with van der Waals surface area (Å²) in [5.74, 6) is -1.90. The monoisotopic (exact) mass is 191 g/mol. The average molecular weight is 191 g/mol. The standard InChI is InChI=1S/C7H13NO5/c1-3(9)6(11)5(10)2-4(8)7(12)13/h4-6,10-11H,2,8H2,1H3,(H,12,13). The second-order valence-corrected chi connectivity index (χ2v) is 2.80. The van der Waals surface area contributed by atoms with Crippen molar-refractivity contribution in [2.75, 3.05) is 0 Å². The topological polar surface area (TPSA) is 121 Å². The molecule has 0 saturated carbocycles. The average Bonchev–Trinajstić information content (AvgIpc) is 2.02. The predicted molar refractivity (Wildman–Crippen MR) is 42.9 cm³/mol. The Morgan fingerprint density at radius 2 is 1.85 bits per heavy atom. The Balaban J connectivity index is 4.06. The van der Waals surface area contributed by atoms with Crippen molar-refractivity contribution in [3.05, 3.63) is 0 Å². The molecule has 5 N–H and O–H groups in total. The number of Topliss-reactive ketones (excluding diaryl/α,β-unsaturated/α-hetero) is 1. The van der Waals surface area contributed by atoms with Crippen LogP contribution in [-0.2, 0) is 9.59 Å². The number of aliphatic hydroxyl groups is 2. The molecule has 3 unspecified atom stereocenters. The number of carboxylic acid groups (broad SMARTS) is 1. The quantitative estimate of drug-likeness (QED) is 0.402. The molecule has 0 radical (unpaired) electrons. The fraction of sp³-hybridized carbons (Fsp3) is 0.714. The molecule has 6 nitrogen and oxygen atoms in total. The summed E-state index contributed by atoms with van der Waals surface area (Å²) >= 11 is 0. The highest BCUT2D eigenvalue weighted by molar-refractivity contribution is 5.81. The van der Waals surface area contributed by atoms with Gasteiger partial charge < -0.3 is 21.1 Å². The van der Waals surface area contributed by atoms with E-state index in [0.717, 1.165) is 6.92 Å². The molecule has 0 fully saturated rings. The van der Waals surface area contributed by atoms with E-state index in [0.29, 0.717) is 0 Å². The van der Waals surface area contributed by atoms with Crippen LogP contribution in [0.2, 0.25) is 0 Å². The number of rotatable bonds is 5. The van der Waals surface area contributed by atoms with Gasteiger partial charge in [-0.2, -0.15) is 0 Å². The number of hydrogen-bond donors (Lipinski definition) is 4. The number of hydrogen-bond acceptors (Lipinski definition) is 5.